The summed E-state index contributed by atoms with van der Waals surface area (Å²) in [6.45, 7) is 2.13. The highest BCUT2D eigenvalue weighted by atomic mass is 14.9. The second-order valence-corrected chi connectivity index (χ2v) is 3.18. The molecule has 2 heteroatoms. The van der Waals surface area contributed by atoms with Crippen molar-refractivity contribution in [2.45, 2.75) is 25.8 Å². The highest BCUT2D eigenvalue weighted by Gasteiger charge is 2.10. The lowest BCUT2D eigenvalue weighted by molar-refractivity contribution is 0.605. The fourth-order valence-electron chi connectivity index (χ4n) is 1.56. The Balaban J connectivity index is 2.97. The second kappa shape index (κ2) is 5.41. The highest BCUT2D eigenvalue weighted by Crippen LogP contribution is 2.19. The van der Waals surface area contributed by atoms with Gasteiger partial charge in [-0.3, -0.25) is 4.98 Å². The Morgan fingerprint density at radius 3 is 3.00 bits per heavy atom. The van der Waals surface area contributed by atoms with Crippen LogP contribution in [0.2, 0.25) is 0 Å². The van der Waals surface area contributed by atoms with E-state index < -0.39 is 0 Å². The maximum Gasteiger partial charge on any atom is 0.0432 e. The molecule has 0 saturated heterocycles. The van der Waals surface area contributed by atoms with E-state index in [-0.39, 0.29) is 6.04 Å². The van der Waals surface area contributed by atoms with Gasteiger partial charge in [0.05, 0.1) is 0 Å². The van der Waals surface area contributed by atoms with Crippen LogP contribution in [-0.2, 0) is 6.42 Å². The third kappa shape index (κ3) is 2.34. The van der Waals surface area contributed by atoms with Crippen molar-refractivity contribution in [1.82, 2.24) is 10.3 Å². The van der Waals surface area contributed by atoms with Crippen molar-refractivity contribution in [3.05, 3.63) is 29.6 Å². The van der Waals surface area contributed by atoms with Crippen LogP contribution in [0.25, 0.3) is 0 Å². The van der Waals surface area contributed by atoms with Gasteiger partial charge in [-0.05, 0) is 30.7 Å². The first-order chi connectivity index (χ1) is 6.83. The van der Waals surface area contributed by atoms with Crippen LogP contribution >= 0.6 is 0 Å². The van der Waals surface area contributed by atoms with E-state index in [0.29, 0.717) is 6.42 Å². The van der Waals surface area contributed by atoms with Crippen molar-refractivity contribution in [3.8, 4) is 12.3 Å². The third-order valence-corrected chi connectivity index (χ3v) is 2.37. The minimum Gasteiger partial charge on any atom is -0.312 e. The van der Waals surface area contributed by atoms with Gasteiger partial charge in [-0.2, -0.15) is 0 Å². The van der Waals surface area contributed by atoms with Gasteiger partial charge in [-0.25, -0.2) is 0 Å². The quantitative estimate of drug-likeness (QED) is 0.730. The molecule has 1 N–H and O–H groups in total. The molecule has 0 aliphatic carbocycles. The van der Waals surface area contributed by atoms with Crippen LogP contribution in [0.1, 0.15) is 30.5 Å². The zero-order chi connectivity index (χ0) is 10.4. The van der Waals surface area contributed by atoms with Crippen LogP contribution in [0.15, 0.2) is 18.5 Å². The molecule has 0 bridgehead atoms. The zero-order valence-corrected chi connectivity index (χ0v) is 8.75. The van der Waals surface area contributed by atoms with Gasteiger partial charge >= 0.3 is 0 Å². The molecule has 0 aromatic carbocycles. The molecule has 1 aromatic rings. The molecule has 0 fully saturated rings. The molecule has 0 amide bonds. The minimum atomic E-state index is 0.248. The Hall–Kier alpha value is -1.33. The lowest BCUT2D eigenvalue weighted by atomic mass is 9.99. The summed E-state index contributed by atoms with van der Waals surface area (Å²) in [5.74, 6) is 2.69. The number of rotatable bonds is 4. The van der Waals surface area contributed by atoms with E-state index in [1.807, 2.05) is 25.5 Å². The number of nitrogens with zero attached hydrogens (tertiary/aromatic N) is 1. The lowest BCUT2D eigenvalue weighted by Gasteiger charge is -2.16. The maximum atomic E-state index is 5.33. The van der Waals surface area contributed by atoms with E-state index in [2.05, 4.69) is 23.1 Å². The molecule has 1 rings (SSSR count). The van der Waals surface area contributed by atoms with Crippen molar-refractivity contribution in [2.75, 3.05) is 7.05 Å². The third-order valence-electron chi connectivity index (χ3n) is 2.37. The van der Waals surface area contributed by atoms with Crippen LogP contribution in [0.5, 0.6) is 0 Å². The van der Waals surface area contributed by atoms with E-state index >= 15 is 0 Å². The van der Waals surface area contributed by atoms with Gasteiger partial charge in [-0.15, -0.1) is 12.3 Å². The highest BCUT2D eigenvalue weighted by molar-refractivity contribution is 5.27. The molecule has 0 saturated carbocycles. The summed E-state index contributed by atoms with van der Waals surface area (Å²) in [6.07, 6.45) is 10.8. The first-order valence-corrected chi connectivity index (χ1v) is 4.87. The summed E-state index contributed by atoms with van der Waals surface area (Å²) in [5.41, 5.74) is 2.53. The Bertz CT molecular complexity index is 325. The fraction of sp³-hybridized carbons (Fsp3) is 0.417. The summed E-state index contributed by atoms with van der Waals surface area (Å²) in [5, 5.41) is 3.22. The first kappa shape index (κ1) is 10.7. The molecule has 0 aliphatic heterocycles. The van der Waals surface area contributed by atoms with Crippen LogP contribution in [0.3, 0.4) is 0 Å². The summed E-state index contributed by atoms with van der Waals surface area (Å²) < 4.78 is 0. The van der Waals surface area contributed by atoms with Crippen LogP contribution < -0.4 is 5.32 Å². The standard InChI is InChI=1S/C12H16N2/c1-4-6-12(13-3)11-7-8-14-9-10(11)5-2/h1,7-9,12-13H,5-6H2,2-3H3. The van der Waals surface area contributed by atoms with Crippen molar-refractivity contribution < 1.29 is 0 Å². The average molecular weight is 188 g/mol. The number of pyridine rings is 1. The Morgan fingerprint density at radius 2 is 2.43 bits per heavy atom. The van der Waals surface area contributed by atoms with E-state index in [1.165, 1.54) is 11.1 Å². The monoisotopic (exact) mass is 188 g/mol. The normalized spacial score (nSPS) is 12.1. The molecule has 2 nitrogen and oxygen atoms in total. The van der Waals surface area contributed by atoms with Gasteiger partial charge in [0, 0.05) is 24.9 Å². The number of nitrogens with one attached hydrogen (secondary N) is 1. The summed E-state index contributed by atoms with van der Waals surface area (Å²) in [7, 11) is 1.93. The number of hydrogen-bond acceptors (Lipinski definition) is 2. The largest absolute Gasteiger partial charge is 0.312 e. The average Bonchev–Trinajstić information content (AvgIpc) is 2.26. The van der Waals surface area contributed by atoms with E-state index in [1.54, 1.807) is 0 Å². The predicted molar refractivity (Wildman–Crippen MR) is 58.9 cm³/mol. The predicted octanol–water partition coefficient (Wildman–Crippen LogP) is 1.93. The SMILES string of the molecule is C#CCC(NC)c1ccncc1CC. The molecule has 1 aromatic heterocycles. The minimum absolute atomic E-state index is 0.248. The maximum absolute atomic E-state index is 5.33. The molecule has 14 heavy (non-hydrogen) atoms. The second-order valence-electron chi connectivity index (χ2n) is 3.18. The molecule has 1 unspecified atom stereocenters. The van der Waals surface area contributed by atoms with Crippen LogP contribution in [0, 0.1) is 12.3 Å². The number of aromatic nitrogens is 1. The molecule has 0 spiro atoms. The van der Waals surface area contributed by atoms with Crippen LogP contribution in [-0.4, -0.2) is 12.0 Å². The number of aryl methyl sites for hydroxylation is 1. The van der Waals surface area contributed by atoms with Crippen molar-refractivity contribution in [3.63, 3.8) is 0 Å². The van der Waals surface area contributed by atoms with E-state index in [4.69, 9.17) is 6.42 Å². The summed E-state index contributed by atoms with van der Waals surface area (Å²) >= 11 is 0. The Labute approximate surface area is 85.8 Å². The molecule has 0 radical (unpaired) electrons. The molecule has 74 valence electrons. The molecular weight excluding hydrogens is 172 g/mol. The van der Waals surface area contributed by atoms with Gasteiger partial charge in [0.2, 0.25) is 0 Å². The first-order valence-electron chi connectivity index (χ1n) is 4.87. The Kier molecular flexibility index (Phi) is 4.15. The zero-order valence-electron chi connectivity index (χ0n) is 8.75. The fourth-order valence-corrected chi connectivity index (χ4v) is 1.56. The van der Waals surface area contributed by atoms with Gasteiger partial charge in [0.1, 0.15) is 0 Å². The summed E-state index contributed by atoms with van der Waals surface area (Å²) in [4.78, 5) is 4.11. The smallest absolute Gasteiger partial charge is 0.0432 e. The van der Waals surface area contributed by atoms with E-state index in [9.17, 15) is 0 Å². The Morgan fingerprint density at radius 1 is 1.64 bits per heavy atom. The van der Waals surface area contributed by atoms with Gasteiger partial charge in [-0.1, -0.05) is 6.92 Å². The van der Waals surface area contributed by atoms with Crippen molar-refractivity contribution in [2.24, 2.45) is 0 Å². The molecule has 1 atom stereocenters. The molecule has 0 aliphatic rings. The van der Waals surface area contributed by atoms with E-state index in [0.717, 1.165) is 6.42 Å². The van der Waals surface area contributed by atoms with Gasteiger partial charge < -0.3 is 5.32 Å². The summed E-state index contributed by atoms with van der Waals surface area (Å²) in [6, 6.07) is 2.29. The topological polar surface area (TPSA) is 24.9 Å². The number of hydrogen-bond donors (Lipinski definition) is 1. The molecule has 1 heterocycles. The number of terminal acetylenes is 1. The molecular formula is C12H16N2. The lowest BCUT2D eigenvalue weighted by Crippen LogP contribution is -2.17. The van der Waals surface area contributed by atoms with Crippen molar-refractivity contribution >= 4 is 0 Å². The van der Waals surface area contributed by atoms with Crippen LogP contribution in [0.4, 0.5) is 0 Å². The van der Waals surface area contributed by atoms with Gasteiger partial charge in [0.15, 0.2) is 0 Å². The van der Waals surface area contributed by atoms with Gasteiger partial charge in [0.25, 0.3) is 0 Å². The van der Waals surface area contributed by atoms with Crippen molar-refractivity contribution in [1.29, 1.82) is 0 Å².